The number of nitrogens with zero attached hydrogens (tertiary/aromatic N) is 2. The molecule has 1 saturated heterocycles. The molecule has 1 atom stereocenters. The number of nitrogens with one attached hydrogen (secondary N) is 1. The van der Waals surface area contributed by atoms with E-state index in [0.29, 0.717) is 11.7 Å². The van der Waals surface area contributed by atoms with E-state index in [1.54, 1.807) is 0 Å². The van der Waals surface area contributed by atoms with Gasteiger partial charge in [-0.15, -0.1) is 0 Å². The van der Waals surface area contributed by atoms with Crippen molar-refractivity contribution in [1.29, 1.82) is 0 Å². The minimum atomic E-state index is 0.360. The second-order valence-electron chi connectivity index (χ2n) is 5.07. The van der Waals surface area contributed by atoms with E-state index in [1.807, 2.05) is 12.1 Å². The van der Waals surface area contributed by atoms with Crippen molar-refractivity contribution in [3.05, 3.63) is 29.7 Å². The van der Waals surface area contributed by atoms with Gasteiger partial charge < -0.3 is 14.6 Å². The Balaban J connectivity index is 1.65. The van der Waals surface area contributed by atoms with Crippen LogP contribution >= 0.6 is 0 Å². The molecule has 0 spiro atoms. The van der Waals surface area contributed by atoms with Crippen molar-refractivity contribution in [1.82, 2.24) is 15.5 Å². The average Bonchev–Trinajstić information content (AvgIpc) is 3.18. The number of rotatable bonds is 2. The van der Waals surface area contributed by atoms with Crippen molar-refractivity contribution in [2.24, 2.45) is 0 Å². The molecule has 2 aromatic rings. The number of aromatic nitrogens is 2. The van der Waals surface area contributed by atoms with Crippen molar-refractivity contribution in [3.8, 4) is 17.1 Å². The summed E-state index contributed by atoms with van der Waals surface area (Å²) in [5.74, 6) is 2.76. The van der Waals surface area contributed by atoms with E-state index in [9.17, 15) is 0 Å². The zero-order valence-electron chi connectivity index (χ0n) is 10.6. The van der Waals surface area contributed by atoms with E-state index in [2.05, 4.69) is 21.5 Å². The van der Waals surface area contributed by atoms with Crippen LogP contribution in [0.5, 0.6) is 5.75 Å². The number of fused-ring (bicyclic) bond motifs is 1. The highest BCUT2D eigenvalue weighted by molar-refractivity contribution is 5.59. The quantitative estimate of drug-likeness (QED) is 0.888. The van der Waals surface area contributed by atoms with E-state index in [1.165, 1.54) is 5.56 Å². The fourth-order valence-corrected chi connectivity index (χ4v) is 2.71. The molecule has 0 saturated carbocycles. The molecule has 1 aromatic heterocycles. The monoisotopic (exact) mass is 257 g/mol. The summed E-state index contributed by atoms with van der Waals surface area (Å²) in [6.07, 6.45) is 2.03. The van der Waals surface area contributed by atoms with Crippen LogP contribution in [0.1, 0.15) is 23.8 Å². The van der Waals surface area contributed by atoms with Crippen LogP contribution < -0.4 is 10.1 Å². The predicted molar refractivity (Wildman–Crippen MR) is 69.2 cm³/mol. The number of hydrogen-bond acceptors (Lipinski definition) is 5. The van der Waals surface area contributed by atoms with Gasteiger partial charge in [0.2, 0.25) is 11.7 Å². The first-order valence-corrected chi connectivity index (χ1v) is 6.70. The van der Waals surface area contributed by atoms with Crippen LogP contribution in [-0.4, -0.2) is 29.8 Å². The number of hydrogen-bond donors (Lipinski definition) is 1. The summed E-state index contributed by atoms with van der Waals surface area (Å²) in [5, 5.41) is 7.41. The molecule has 1 N–H and O–H groups in total. The lowest BCUT2D eigenvalue weighted by Crippen LogP contribution is -2.08. The van der Waals surface area contributed by atoms with Crippen LogP contribution in [0.3, 0.4) is 0 Å². The maximum absolute atomic E-state index is 5.50. The van der Waals surface area contributed by atoms with Crippen LogP contribution in [-0.2, 0) is 6.42 Å². The highest BCUT2D eigenvalue weighted by atomic mass is 16.5. The lowest BCUT2D eigenvalue weighted by Gasteiger charge is -2.00. The molecular weight excluding hydrogens is 242 g/mol. The van der Waals surface area contributed by atoms with Crippen LogP contribution in [0.2, 0.25) is 0 Å². The third-order valence-electron chi connectivity index (χ3n) is 3.80. The van der Waals surface area contributed by atoms with Gasteiger partial charge in [0.15, 0.2) is 0 Å². The van der Waals surface area contributed by atoms with Crippen LogP contribution in [0.25, 0.3) is 11.4 Å². The van der Waals surface area contributed by atoms with Gasteiger partial charge in [0.1, 0.15) is 5.75 Å². The normalized spacial score (nSPS) is 21.4. The zero-order valence-corrected chi connectivity index (χ0v) is 10.6. The van der Waals surface area contributed by atoms with Crippen molar-refractivity contribution in [2.45, 2.75) is 18.8 Å². The standard InChI is InChI=1S/C14H15N3O2/c1-2-12-9(4-6-18-12)7-10(1)13-16-14(19-17-13)11-3-5-15-8-11/h1-2,7,11,15H,3-6,8H2. The molecular formula is C14H15N3O2. The Kier molecular flexibility index (Phi) is 2.51. The van der Waals surface area contributed by atoms with Gasteiger partial charge >= 0.3 is 0 Å². The van der Waals surface area contributed by atoms with Gasteiger partial charge in [0.25, 0.3) is 0 Å². The molecule has 2 aliphatic rings. The summed E-state index contributed by atoms with van der Waals surface area (Å²) >= 11 is 0. The summed E-state index contributed by atoms with van der Waals surface area (Å²) in [5.41, 5.74) is 2.23. The second-order valence-corrected chi connectivity index (χ2v) is 5.07. The molecule has 0 amide bonds. The first-order chi connectivity index (χ1) is 9.40. The summed E-state index contributed by atoms with van der Waals surface area (Å²) in [6.45, 7) is 2.72. The predicted octanol–water partition coefficient (Wildman–Crippen LogP) is 1.75. The lowest BCUT2D eigenvalue weighted by molar-refractivity contribution is 0.356. The highest BCUT2D eigenvalue weighted by Gasteiger charge is 2.23. The molecule has 0 aliphatic carbocycles. The minimum Gasteiger partial charge on any atom is -0.493 e. The molecule has 3 heterocycles. The fourth-order valence-electron chi connectivity index (χ4n) is 2.71. The van der Waals surface area contributed by atoms with Gasteiger partial charge in [0, 0.05) is 18.5 Å². The molecule has 5 heteroatoms. The Hall–Kier alpha value is -1.88. The Labute approximate surface area is 111 Å². The first-order valence-electron chi connectivity index (χ1n) is 6.70. The molecule has 1 fully saturated rings. The van der Waals surface area contributed by atoms with Crippen molar-refractivity contribution < 1.29 is 9.26 Å². The smallest absolute Gasteiger partial charge is 0.231 e. The second kappa shape index (κ2) is 4.35. The summed E-state index contributed by atoms with van der Waals surface area (Å²) in [4.78, 5) is 4.53. The van der Waals surface area contributed by atoms with Gasteiger partial charge in [0.05, 0.1) is 12.5 Å². The Morgan fingerprint density at radius 2 is 2.32 bits per heavy atom. The zero-order chi connectivity index (χ0) is 12.7. The largest absolute Gasteiger partial charge is 0.493 e. The first kappa shape index (κ1) is 11.0. The molecule has 5 nitrogen and oxygen atoms in total. The van der Waals surface area contributed by atoms with Gasteiger partial charge in [-0.3, -0.25) is 0 Å². The van der Waals surface area contributed by atoms with Crippen LogP contribution in [0.4, 0.5) is 0 Å². The molecule has 1 unspecified atom stereocenters. The third-order valence-corrected chi connectivity index (χ3v) is 3.80. The molecule has 98 valence electrons. The van der Waals surface area contributed by atoms with Crippen molar-refractivity contribution in [2.75, 3.05) is 19.7 Å². The lowest BCUT2D eigenvalue weighted by atomic mass is 10.1. The molecule has 0 radical (unpaired) electrons. The van der Waals surface area contributed by atoms with Crippen molar-refractivity contribution in [3.63, 3.8) is 0 Å². The summed E-state index contributed by atoms with van der Waals surface area (Å²) in [7, 11) is 0. The van der Waals surface area contributed by atoms with Gasteiger partial charge in [-0.2, -0.15) is 4.98 Å². The summed E-state index contributed by atoms with van der Waals surface area (Å²) in [6, 6.07) is 6.08. The van der Waals surface area contributed by atoms with E-state index < -0.39 is 0 Å². The maximum Gasteiger partial charge on any atom is 0.231 e. The SMILES string of the molecule is c1cc2c(cc1-c1noc(C3CCNC3)n1)CCO2. The average molecular weight is 257 g/mol. The number of benzene rings is 1. The van der Waals surface area contributed by atoms with Gasteiger partial charge in [-0.05, 0) is 36.7 Å². The molecule has 1 aromatic carbocycles. The van der Waals surface area contributed by atoms with E-state index >= 15 is 0 Å². The Morgan fingerprint density at radius 3 is 3.21 bits per heavy atom. The molecule has 0 bridgehead atoms. The Bertz CT molecular complexity index is 602. The molecule has 19 heavy (non-hydrogen) atoms. The minimum absolute atomic E-state index is 0.360. The maximum atomic E-state index is 5.50. The fraction of sp³-hybridized carbons (Fsp3) is 0.429. The molecule has 4 rings (SSSR count). The van der Waals surface area contributed by atoms with Gasteiger partial charge in [-0.1, -0.05) is 5.16 Å². The van der Waals surface area contributed by atoms with E-state index in [0.717, 1.165) is 49.7 Å². The molecule has 2 aliphatic heterocycles. The van der Waals surface area contributed by atoms with Gasteiger partial charge in [-0.25, -0.2) is 0 Å². The third kappa shape index (κ3) is 1.90. The number of ether oxygens (including phenoxy) is 1. The highest BCUT2D eigenvalue weighted by Crippen LogP contribution is 2.30. The summed E-state index contributed by atoms with van der Waals surface area (Å²) < 4.78 is 10.9. The van der Waals surface area contributed by atoms with Crippen LogP contribution in [0, 0.1) is 0 Å². The van der Waals surface area contributed by atoms with Crippen molar-refractivity contribution >= 4 is 0 Å². The van der Waals surface area contributed by atoms with Crippen LogP contribution in [0.15, 0.2) is 22.7 Å². The Morgan fingerprint density at radius 1 is 1.32 bits per heavy atom. The van der Waals surface area contributed by atoms with E-state index in [-0.39, 0.29) is 0 Å². The van der Waals surface area contributed by atoms with E-state index in [4.69, 9.17) is 9.26 Å². The topological polar surface area (TPSA) is 60.2 Å².